The Hall–Kier alpha value is -0.260. The van der Waals surface area contributed by atoms with Gasteiger partial charge in [0, 0.05) is 6.54 Å². The van der Waals surface area contributed by atoms with Crippen molar-refractivity contribution in [1.29, 1.82) is 0 Å². The van der Waals surface area contributed by atoms with E-state index in [1.54, 1.807) is 0 Å². The molecule has 0 aliphatic rings. The van der Waals surface area contributed by atoms with Crippen molar-refractivity contribution in [3.05, 3.63) is 0 Å². The summed E-state index contributed by atoms with van der Waals surface area (Å²) in [5.41, 5.74) is 0. The zero-order valence-corrected chi connectivity index (χ0v) is 6.35. The topological polar surface area (TPSA) is 52.5 Å². The fraction of sp³-hybridized carbons (Fsp3) is 1.00. The second kappa shape index (κ2) is 4.58. The molecule has 0 aromatic carbocycles. The van der Waals surface area contributed by atoms with E-state index in [1.165, 1.54) is 6.92 Å². The van der Waals surface area contributed by atoms with E-state index in [0.717, 1.165) is 0 Å². The Labute approximate surface area is 64.0 Å². The van der Waals surface area contributed by atoms with E-state index in [-0.39, 0.29) is 6.54 Å². The highest BCUT2D eigenvalue weighted by atomic mass is 19.3. The molecule has 0 saturated carbocycles. The normalized spacial score (nSPS) is 15.0. The lowest BCUT2D eigenvalue weighted by atomic mass is 10.3. The molecule has 0 spiro atoms. The number of halogens is 2. The Balaban J connectivity index is 3.38. The number of aliphatic hydroxyl groups excluding tert-OH is 2. The molecule has 0 aliphatic carbocycles. The van der Waals surface area contributed by atoms with Gasteiger partial charge in [-0.3, -0.25) is 0 Å². The van der Waals surface area contributed by atoms with Crippen molar-refractivity contribution >= 4 is 0 Å². The molecule has 68 valence electrons. The minimum Gasteiger partial charge on any atom is -0.392 e. The highest BCUT2D eigenvalue weighted by Gasteiger charge is 2.26. The molecule has 0 amide bonds. The van der Waals surface area contributed by atoms with Crippen molar-refractivity contribution in [2.45, 2.75) is 19.0 Å². The Morgan fingerprint density at radius 3 is 2.45 bits per heavy atom. The summed E-state index contributed by atoms with van der Waals surface area (Å²) in [6.07, 6.45) is -0.649. The van der Waals surface area contributed by atoms with Crippen molar-refractivity contribution in [3.8, 4) is 0 Å². The highest BCUT2D eigenvalue weighted by molar-refractivity contribution is 4.68. The van der Waals surface area contributed by atoms with Crippen LogP contribution in [-0.2, 0) is 0 Å². The second-order valence-corrected chi connectivity index (χ2v) is 2.49. The summed E-state index contributed by atoms with van der Waals surface area (Å²) in [6, 6.07) is 0. The van der Waals surface area contributed by atoms with E-state index >= 15 is 0 Å². The molecule has 0 aromatic heterocycles. The lowest BCUT2D eigenvalue weighted by Crippen LogP contribution is -2.38. The summed E-state index contributed by atoms with van der Waals surface area (Å²) in [5, 5.41) is 19.1. The Bertz CT molecular complexity index is 109. The van der Waals surface area contributed by atoms with Crippen LogP contribution in [0.1, 0.15) is 6.92 Å². The number of nitrogens with one attached hydrogen (secondary N) is 1. The first-order chi connectivity index (χ1) is 4.98. The standard InChI is InChI=1S/C6H13F2NO2/c1-5(11)2-9-3-6(7,8)4-10/h5,9-11H,2-4H2,1H3. The molecular weight excluding hydrogens is 156 g/mol. The molecule has 0 fully saturated rings. The van der Waals surface area contributed by atoms with Gasteiger partial charge in [0.15, 0.2) is 0 Å². The average molecular weight is 169 g/mol. The van der Waals surface area contributed by atoms with E-state index in [0.29, 0.717) is 0 Å². The SMILES string of the molecule is CC(O)CNCC(F)(F)CO. The molecule has 1 atom stereocenters. The van der Waals surface area contributed by atoms with Crippen LogP contribution in [-0.4, -0.2) is 41.9 Å². The Kier molecular flexibility index (Phi) is 4.48. The van der Waals surface area contributed by atoms with Crippen molar-refractivity contribution in [1.82, 2.24) is 5.32 Å². The molecule has 0 rings (SSSR count). The summed E-state index contributed by atoms with van der Waals surface area (Å²) >= 11 is 0. The van der Waals surface area contributed by atoms with Gasteiger partial charge in [-0.25, -0.2) is 8.78 Å². The van der Waals surface area contributed by atoms with Gasteiger partial charge >= 0.3 is 0 Å². The van der Waals surface area contributed by atoms with Crippen LogP contribution < -0.4 is 5.32 Å². The first-order valence-electron chi connectivity index (χ1n) is 3.35. The van der Waals surface area contributed by atoms with Crippen LogP contribution in [0.25, 0.3) is 0 Å². The molecule has 11 heavy (non-hydrogen) atoms. The molecule has 0 saturated heterocycles. The maximum absolute atomic E-state index is 12.2. The van der Waals surface area contributed by atoms with Crippen LogP contribution >= 0.6 is 0 Å². The zero-order chi connectivity index (χ0) is 8.91. The summed E-state index contributed by atoms with van der Waals surface area (Å²) in [5.74, 6) is -3.09. The van der Waals surface area contributed by atoms with Crippen molar-refractivity contribution in [3.63, 3.8) is 0 Å². The van der Waals surface area contributed by atoms with E-state index in [1.807, 2.05) is 0 Å². The predicted molar refractivity (Wildman–Crippen MR) is 36.6 cm³/mol. The minimum absolute atomic E-state index is 0.107. The van der Waals surface area contributed by atoms with Crippen LogP contribution in [0, 0.1) is 0 Å². The lowest BCUT2D eigenvalue weighted by molar-refractivity contribution is -0.0486. The Morgan fingerprint density at radius 1 is 1.55 bits per heavy atom. The maximum Gasteiger partial charge on any atom is 0.282 e. The maximum atomic E-state index is 12.2. The van der Waals surface area contributed by atoms with Crippen LogP contribution in [0.2, 0.25) is 0 Å². The van der Waals surface area contributed by atoms with E-state index in [9.17, 15) is 8.78 Å². The number of aliphatic hydroxyl groups is 2. The third-order valence-corrected chi connectivity index (χ3v) is 1.05. The summed E-state index contributed by atoms with van der Waals surface area (Å²) < 4.78 is 24.4. The van der Waals surface area contributed by atoms with E-state index in [4.69, 9.17) is 10.2 Å². The number of hydrogen-bond acceptors (Lipinski definition) is 3. The number of alkyl halides is 2. The molecule has 5 heteroatoms. The fourth-order valence-electron chi connectivity index (χ4n) is 0.520. The van der Waals surface area contributed by atoms with Gasteiger partial charge in [0.05, 0.1) is 12.6 Å². The largest absolute Gasteiger partial charge is 0.392 e. The van der Waals surface area contributed by atoms with Gasteiger partial charge in [0.25, 0.3) is 5.92 Å². The number of rotatable bonds is 5. The molecule has 3 nitrogen and oxygen atoms in total. The van der Waals surface area contributed by atoms with E-state index < -0.39 is 25.2 Å². The van der Waals surface area contributed by atoms with E-state index in [2.05, 4.69) is 5.32 Å². The first kappa shape index (κ1) is 10.7. The van der Waals surface area contributed by atoms with Crippen LogP contribution in [0.5, 0.6) is 0 Å². The predicted octanol–water partition coefficient (Wildman–Crippen LogP) is -0.416. The molecule has 0 aromatic rings. The summed E-state index contributed by atoms with van der Waals surface area (Å²) in [7, 11) is 0. The fourth-order valence-corrected chi connectivity index (χ4v) is 0.520. The highest BCUT2D eigenvalue weighted by Crippen LogP contribution is 2.09. The van der Waals surface area contributed by atoms with Gasteiger partial charge in [0.1, 0.15) is 6.61 Å². The molecule has 0 bridgehead atoms. The van der Waals surface area contributed by atoms with Gasteiger partial charge in [-0.2, -0.15) is 0 Å². The third kappa shape index (κ3) is 6.15. The molecule has 0 radical (unpaired) electrons. The lowest BCUT2D eigenvalue weighted by Gasteiger charge is -2.14. The zero-order valence-electron chi connectivity index (χ0n) is 6.35. The molecule has 1 unspecified atom stereocenters. The molecule has 0 heterocycles. The smallest absolute Gasteiger partial charge is 0.282 e. The quantitative estimate of drug-likeness (QED) is 0.524. The van der Waals surface area contributed by atoms with Gasteiger partial charge in [-0.15, -0.1) is 0 Å². The van der Waals surface area contributed by atoms with Gasteiger partial charge in [-0.1, -0.05) is 0 Å². The molecule has 0 aliphatic heterocycles. The van der Waals surface area contributed by atoms with Gasteiger partial charge < -0.3 is 15.5 Å². The second-order valence-electron chi connectivity index (χ2n) is 2.49. The van der Waals surface area contributed by atoms with Crippen molar-refractivity contribution in [2.24, 2.45) is 0 Å². The van der Waals surface area contributed by atoms with Crippen LogP contribution in [0.4, 0.5) is 8.78 Å². The monoisotopic (exact) mass is 169 g/mol. The minimum atomic E-state index is -3.09. The van der Waals surface area contributed by atoms with Gasteiger partial charge in [-0.05, 0) is 6.92 Å². The van der Waals surface area contributed by atoms with Gasteiger partial charge in [0.2, 0.25) is 0 Å². The van der Waals surface area contributed by atoms with Crippen molar-refractivity contribution in [2.75, 3.05) is 19.7 Å². The summed E-state index contributed by atoms with van der Waals surface area (Å²) in [4.78, 5) is 0. The summed E-state index contributed by atoms with van der Waals surface area (Å²) in [6.45, 7) is -0.173. The Morgan fingerprint density at radius 2 is 2.09 bits per heavy atom. The number of hydrogen-bond donors (Lipinski definition) is 3. The van der Waals surface area contributed by atoms with Crippen molar-refractivity contribution < 1.29 is 19.0 Å². The third-order valence-electron chi connectivity index (χ3n) is 1.05. The average Bonchev–Trinajstić information content (AvgIpc) is 1.87. The molecular formula is C6H13F2NO2. The first-order valence-corrected chi connectivity index (χ1v) is 3.35. The molecule has 3 N–H and O–H groups in total. The van der Waals surface area contributed by atoms with Crippen LogP contribution in [0.15, 0.2) is 0 Å². The van der Waals surface area contributed by atoms with Crippen LogP contribution in [0.3, 0.4) is 0 Å².